The highest BCUT2D eigenvalue weighted by atomic mass is 16.5. The van der Waals surface area contributed by atoms with Gasteiger partial charge in [0.05, 0.1) is 12.7 Å². The molecular weight excluding hydrogens is 210 g/mol. The summed E-state index contributed by atoms with van der Waals surface area (Å²) in [7, 11) is 0. The maximum absolute atomic E-state index is 5.80. The van der Waals surface area contributed by atoms with Gasteiger partial charge < -0.3 is 10.1 Å². The predicted octanol–water partition coefficient (Wildman–Crippen LogP) is 4.00. The molecule has 0 bridgehead atoms. The van der Waals surface area contributed by atoms with Crippen molar-refractivity contribution in [3.63, 3.8) is 0 Å². The van der Waals surface area contributed by atoms with Crippen LogP contribution in [0.4, 0.5) is 0 Å². The Balaban J connectivity index is 4.17. The zero-order chi connectivity index (χ0) is 13.1. The smallest absolute Gasteiger partial charge is 0.0625 e. The van der Waals surface area contributed by atoms with Crippen molar-refractivity contribution in [3.8, 4) is 0 Å². The molecule has 2 unspecified atom stereocenters. The second kappa shape index (κ2) is 11.0. The molecule has 0 aliphatic rings. The van der Waals surface area contributed by atoms with E-state index in [1.165, 1.54) is 32.1 Å². The standard InChI is InChI=1S/C15H33NO/c1-6-9-10-14(8-3)15(16-11-7-2)12-17-13(4)5/h13-16H,6-12H2,1-5H3. The molecule has 0 heterocycles. The van der Waals surface area contributed by atoms with Crippen molar-refractivity contribution in [1.82, 2.24) is 5.32 Å². The molecule has 0 aliphatic heterocycles. The van der Waals surface area contributed by atoms with E-state index in [9.17, 15) is 0 Å². The Morgan fingerprint density at radius 3 is 2.24 bits per heavy atom. The van der Waals surface area contributed by atoms with E-state index < -0.39 is 0 Å². The Bertz CT molecular complexity index is 159. The molecule has 0 aromatic heterocycles. The van der Waals surface area contributed by atoms with Gasteiger partial charge in [-0.1, -0.05) is 40.0 Å². The second-order valence-corrected chi connectivity index (χ2v) is 5.25. The Kier molecular flexibility index (Phi) is 11.0. The Hall–Kier alpha value is -0.0800. The lowest BCUT2D eigenvalue weighted by Crippen LogP contribution is -2.41. The average Bonchev–Trinajstić information content (AvgIpc) is 2.31. The molecule has 2 nitrogen and oxygen atoms in total. The quantitative estimate of drug-likeness (QED) is 0.592. The van der Waals surface area contributed by atoms with Crippen LogP contribution in [0.15, 0.2) is 0 Å². The largest absolute Gasteiger partial charge is 0.377 e. The summed E-state index contributed by atoms with van der Waals surface area (Å²) in [5, 5.41) is 3.66. The van der Waals surface area contributed by atoms with Crippen molar-refractivity contribution in [1.29, 1.82) is 0 Å². The maximum atomic E-state index is 5.80. The molecular formula is C15H33NO. The van der Waals surface area contributed by atoms with Crippen LogP contribution in [-0.4, -0.2) is 25.3 Å². The summed E-state index contributed by atoms with van der Waals surface area (Å²) < 4.78 is 5.80. The van der Waals surface area contributed by atoms with Crippen LogP contribution in [0, 0.1) is 5.92 Å². The molecule has 0 radical (unpaired) electrons. The van der Waals surface area contributed by atoms with Crippen molar-refractivity contribution in [2.45, 2.75) is 78.9 Å². The fourth-order valence-electron chi connectivity index (χ4n) is 2.14. The molecule has 0 aliphatic carbocycles. The van der Waals surface area contributed by atoms with Crippen LogP contribution in [0.25, 0.3) is 0 Å². The van der Waals surface area contributed by atoms with Crippen LogP contribution in [0.2, 0.25) is 0 Å². The highest BCUT2D eigenvalue weighted by molar-refractivity contribution is 4.75. The molecule has 0 saturated heterocycles. The average molecular weight is 243 g/mol. The lowest BCUT2D eigenvalue weighted by molar-refractivity contribution is 0.0461. The molecule has 0 aromatic carbocycles. The summed E-state index contributed by atoms with van der Waals surface area (Å²) in [6.07, 6.45) is 6.75. The van der Waals surface area contributed by atoms with Crippen LogP contribution in [-0.2, 0) is 4.74 Å². The monoisotopic (exact) mass is 243 g/mol. The normalized spacial score (nSPS) is 15.2. The van der Waals surface area contributed by atoms with Crippen molar-refractivity contribution < 1.29 is 4.74 Å². The van der Waals surface area contributed by atoms with E-state index in [-0.39, 0.29) is 0 Å². The first-order valence-electron chi connectivity index (χ1n) is 7.50. The van der Waals surface area contributed by atoms with Gasteiger partial charge in [-0.15, -0.1) is 0 Å². The summed E-state index contributed by atoms with van der Waals surface area (Å²) in [4.78, 5) is 0. The molecule has 0 spiro atoms. The van der Waals surface area contributed by atoms with E-state index in [1.54, 1.807) is 0 Å². The third-order valence-corrected chi connectivity index (χ3v) is 3.29. The summed E-state index contributed by atoms with van der Waals surface area (Å²) in [6, 6.07) is 0.536. The van der Waals surface area contributed by atoms with Gasteiger partial charge in [-0.3, -0.25) is 0 Å². The Labute approximate surface area is 109 Å². The third-order valence-electron chi connectivity index (χ3n) is 3.29. The first kappa shape index (κ1) is 16.9. The fourth-order valence-corrected chi connectivity index (χ4v) is 2.14. The van der Waals surface area contributed by atoms with Crippen molar-refractivity contribution in [2.75, 3.05) is 13.2 Å². The minimum atomic E-state index is 0.338. The lowest BCUT2D eigenvalue weighted by Gasteiger charge is -2.28. The van der Waals surface area contributed by atoms with Gasteiger partial charge in [-0.25, -0.2) is 0 Å². The maximum Gasteiger partial charge on any atom is 0.0625 e. The van der Waals surface area contributed by atoms with E-state index in [0.29, 0.717) is 12.1 Å². The first-order valence-corrected chi connectivity index (χ1v) is 7.50. The van der Waals surface area contributed by atoms with Crippen molar-refractivity contribution in [2.24, 2.45) is 5.92 Å². The molecule has 104 valence electrons. The van der Waals surface area contributed by atoms with Gasteiger partial charge in [0.25, 0.3) is 0 Å². The topological polar surface area (TPSA) is 21.3 Å². The lowest BCUT2D eigenvalue weighted by atomic mass is 9.91. The van der Waals surface area contributed by atoms with E-state index in [1.807, 2.05) is 0 Å². The van der Waals surface area contributed by atoms with Crippen molar-refractivity contribution in [3.05, 3.63) is 0 Å². The molecule has 2 heteroatoms. The van der Waals surface area contributed by atoms with Gasteiger partial charge in [0, 0.05) is 6.04 Å². The fraction of sp³-hybridized carbons (Fsp3) is 1.00. The van der Waals surface area contributed by atoms with Crippen LogP contribution >= 0.6 is 0 Å². The molecule has 2 atom stereocenters. The van der Waals surface area contributed by atoms with Gasteiger partial charge in [0.1, 0.15) is 0 Å². The SMILES string of the molecule is CCCCC(CC)C(COC(C)C)NCCC. The van der Waals surface area contributed by atoms with Crippen molar-refractivity contribution >= 4 is 0 Å². The van der Waals surface area contributed by atoms with E-state index >= 15 is 0 Å². The van der Waals surface area contributed by atoms with E-state index in [4.69, 9.17) is 4.74 Å². The molecule has 0 rings (SSSR count). The summed E-state index contributed by atoms with van der Waals surface area (Å²) in [6.45, 7) is 13.0. The number of rotatable bonds is 11. The molecule has 0 fully saturated rings. The zero-order valence-corrected chi connectivity index (χ0v) is 12.6. The molecule has 0 amide bonds. The second-order valence-electron chi connectivity index (χ2n) is 5.25. The van der Waals surface area contributed by atoms with Gasteiger partial charge in [0.15, 0.2) is 0 Å². The zero-order valence-electron chi connectivity index (χ0n) is 12.6. The molecule has 17 heavy (non-hydrogen) atoms. The van der Waals surface area contributed by atoms with Gasteiger partial charge >= 0.3 is 0 Å². The minimum Gasteiger partial charge on any atom is -0.377 e. The summed E-state index contributed by atoms with van der Waals surface area (Å²) in [5.41, 5.74) is 0. The number of unbranched alkanes of at least 4 members (excludes halogenated alkanes) is 1. The van der Waals surface area contributed by atoms with Gasteiger partial charge in [0.2, 0.25) is 0 Å². The van der Waals surface area contributed by atoms with Crippen LogP contribution < -0.4 is 5.32 Å². The van der Waals surface area contributed by atoms with Gasteiger partial charge in [-0.2, -0.15) is 0 Å². The first-order chi connectivity index (χ1) is 8.15. The Morgan fingerprint density at radius 2 is 1.76 bits per heavy atom. The highest BCUT2D eigenvalue weighted by Crippen LogP contribution is 2.18. The van der Waals surface area contributed by atoms with Crippen LogP contribution in [0.1, 0.15) is 66.7 Å². The summed E-state index contributed by atoms with van der Waals surface area (Å²) >= 11 is 0. The molecule has 0 aromatic rings. The Morgan fingerprint density at radius 1 is 1.06 bits per heavy atom. The van der Waals surface area contributed by atoms with E-state index in [2.05, 4.69) is 39.9 Å². The number of hydrogen-bond acceptors (Lipinski definition) is 2. The van der Waals surface area contributed by atoms with Gasteiger partial charge in [-0.05, 0) is 39.2 Å². The number of ether oxygens (including phenoxy) is 1. The van der Waals surface area contributed by atoms with E-state index in [0.717, 1.165) is 19.1 Å². The summed E-state index contributed by atoms with van der Waals surface area (Å²) in [5.74, 6) is 0.764. The minimum absolute atomic E-state index is 0.338. The highest BCUT2D eigenvalue weighted by Gasteiger charge is 2.19. The van der Waals surface area contributed by atoms with Crippen LogP contribution in [0.5, 0.6) is 0 Å². The number of nitrogens with one attached hydrogen (secondary N) is 1. The third kappa shape index (κ3) is 8.62. The molecule has 0 saturated carbocycles. The van der Waals surface area contributed by atoms with Crippen LogP contribution in [0.3, 0.4) is 0 Å². The predicted molar refractivity (Wildman–Crippen MR) is 76.5 cm³/mol. The number of hydrogen-bond donors (Lipinski definition) is 1. The molecule has 1 N–H and O–H groups in total.